The molecule has 1 atom stereocenters. The highest BCUT2D eigenvalue weighted by atomic mass is 19.4. The van der Waals surface area contributed by atoms with Crippen molar-refractivity contribution in [3.05, 3.63) is 83.0 Å². The standard InChI is InChI=1S/C29H30F6N2O.C2H6/c1-4-6-18(5-2)14-19-15-24(26-23(19)11-12-36-27(26)29(33,34)35)25-16-22(13-17(3)37-25)38-21-9-7-20(8-10-21)28(30,31)32;1-2/h5-6,11-13,15-16,19-21H,2,4,7-10,14H2,1,3H3;1-2H3/b18-6+;. The summed E-state index contributed by atoms with van der Waals surface area (Å²) in [6, 6.07) is 4.84. The first-order chi connectivity index (χ1) is 18.9. The second-order valence-corrected chi connectivity index (χ2v) is 9.87. The summed E-state index contributed by atoms with van der Waals surface area (Å²) < 4.78 is 87.3. The van der Waals surface area contributed by atoms with Crippen molar-refractivity contribution in [3.8, 4) is 5.75 Å². The number of aryl methyl sites for hydroxylation is 1. The van der Waals surface area contributed by atoms with Gasteiger partial charge in [0.15, 0.2) is 5.69 Å². The fourth-order valence-electron chi connectivity index (χ4n) is 5.35. The Labute approximate surface area is 232 Å². The Balaban J connectivity index is 0.00000216. The fraction of sp³-hybridized carbons (Fsp3) is 0.484. The predicted molar refractivity (Wildman–Crippen MR) is 145 cm³/mol. The van der Waals surface area contributed by atoms with Crippen LogP contribution in [0.1, 0.15) is 93.4 Å². The first kappa shape index (κ1) is 31.4. The highest BCUT2D eigenvalue weighted by molar-refractivity contribution is 5.86. The average Bonchev–Trinajstić information content (AvgIpc) is 3.27. The molecule has 0 amide bonds. The van der Waals surface area contributed by atoms with Gasteiger partial charge < -0.3 is 4.74 Å². The van der Waals surface area contributed by atoms with Gasteiger partial charge in [0.1, 0.15) is 5.75 Å². The summed E-state index contributed by atoms with van der Waals surface area (Å²) in [5.41, 5.74) is 1.64. The molecular weight excluding hydrogens is 530 g/mol. The zero-order valence-electron chi connectivity index (χ0n) is 23.3. The van der Waals surface area contributed by atoms with Gasteiger partial charge in [-0.3, -0.25) is 9.97 Å². The van der Waals surface area contributed by atoms with Crippen LogP contribution in [0.3, 0.4) is 0 Å². The van der Waals surface area contributed by atoms with Crippen LogP contribution in [0, 0.1) is 12.8 Å². The van der Waals surface area contributed by atoms with E-state index < -0.39 is 30.1 Å². The van der Waals surface area contributed by atoms with E-state index in [0.29, 0.717) is 34.7 Å². The number of rotatable bonds is 7. The van der Waals surface area contributed by atoms with Gasteiger partial charge >= 0.3 is 12.4 Å². The lowest BCUT2D eigenvalue weighted by molar-refractivity contribution is -0.185. The Morgan fingerprint density at radius 2 is 1.75 bits per heavy atom. The van der Waals surface area contributed by atoms with Crippen LogP contribution in [0.5, 0.6) is 5.75 Å². The third-order valence-corrected chi connectivity index (χ3v) is 7.12. The molecule has 218 valence electrons. The molecule has 4 rings (SSSR count). The molecule has 1 unspecified atom stereocenters. The molecule has 0 bridgehead atoms. The van der Waals surface area contributed by atoms with Crippen molar-refractivity contribution >= 4 is 5.57 Å². The number of alkyl halides is 6. The Morgan fingerprint density at radius 1 is 1.07 bits per heavy atom. The minimum Gasteiger partial charge on any atom is -0.490 e. The number of hydrogen-bond donors (Lipinski definition) is 0. The van der Waals surface area contributed by atoms with Gasteiger partial charge in [-0.15, -0.1) is 0 Å². The molecule has 0 N–H and O–H groups in total. The highest BCUT2D eigenvalue weighted by Crippen LogP contribution is 2.47. The lowest BCUT2D eigenvalue weighted by Gasteiger charge is -2.30. The number of aromatic nitrogens is 2. The third-order valence-electron chi connectivity index (χ3n) is 7.12. The number of allylic oxidation sites excluding steroid dienone is 4. The summed E-state index contributed by atoms with van der Waals surface area (Å²) in [4.78, 5) is 8.20. The van der Waals surface area contributed by atoms with E-state index in [0.717, 1.165) is 12.0 Å². The highest BCUT2D eigenvalue weighted by Gasteiger charge is 2.42. The molecule has 0 aliphatic heterocycles. The van der Waals surface area contributed by atoms with Crippen LogP contribution in [0.15, 0.2) is 54.8 Å². The summed E-state index contributed by atoms with van der Waals surface area (Å²) in [5, 5.41) is 0. The quantitative estimate of drug-likeness (QED) is 0.247. The minimum atomic E-state index is -4.67. The van der Waals surface area contributed by atoms with E-state index in [1.807, 2.05) is 26.8 Å². The molecule has 2 aromatic rings. The van der Waals surface area contributed by atoms with Crippen LogP contribution in [-0.4, -0.2) is 22.2 Å². The molecule has 3 nitrogen and oxygen atoms in total. The van der Waals surface area contributed by atoms with Gasteiger partial charge in [0.2, 0.25) is 0 Å². The Hall–Kier alpha value is -3.10. The van der Waals surface area contributed by atoms with Crippen LogP contribution in [-0.2, 0) is 6.18 Å². The van der Waals surface area contributed by atoms with E-state index >= 15 is 0 Å². The maximum absolute atomic E-state index is 14.0. The van der Waals surface area contributed by atoms with Crippen molar-refractivity contribution in [2.45, 2.75) is 90.6 Å². The zero-order valence-corrected chi connectivity index (χ0v) is 23.3. The molecule has 40 heavy (non-hydrogen) atoms. The molecule has 1 saturated carbocycles. The molecule has 0 saturated heterocycles. The number of hydrogen-bond acceptors (Lipinski definition) is 3. The van der Waals surface area contributed by atoms with Crippen LogP contribution in [0.2, 0.25) is 0 Å². The normalized spacial score (nSPS) is 21.2. The third kappa shape index (κ3) is 7.34. The minimum absolute atomic E-state index is 0.000328. The van der Waals surface area contributed by atoms with Crippen molar-refractivity contribution in [2.24, 2.45) is 5.92 Å². The largest absolute Gasteiger partial charge is 0.490 e. The summed E-state index contributed by atoms with van der Waals surface area (Å²) in [5.74, 6) is -1.28. The van der Waals surface area contributed by atoms with Crippen LogP contribution in [0.25, 0.3) is 5.57 Å². The van der Waals surface area contributed by atoms with Gasteiger partial charge in [0, 0.05) is 41.1 Å². The molecule has 2 aliphatic carbocycles. The van der Waals surface area contributed by atoms with Crippen molar-refractivity contribution < 1.29 is 31.1 Å². The number of halogens is 6. The van der Waals surface area contributed by atoms with Gasteiger partial charge in [-0.2, -0.15) is 26.3 Å². The van der Waals surface area contributed by atoms with Crippen molar-refractivity contribution in [1.29, 1.82) is 0 Å². The number of nitrogens with zero attached hydrogens (tertiary/aromatic N) is 2. The van der Waals surface area contributed by atoms with E-state index in [4.69, 9.17) is 4.74 Å². The van der Waals surface area contributed by atoms with Gasteiger partial charge in [-0.05, 0) is 57.1 Å². The molecule has 9 heteroatoms. The lowest BCUT2D eigenvalue weighted by Crippen LogP contribution is -2.31. The van der Waals surface area contributed by atoms with Crippen molar-refractivity contribution in [1.82, 2.24) is 9.97 Å². The maximum Gasteiger partial charge on any atom is 0.433 e. The summed E-state index contributed by atoms with van der Waals surface area (Å²) >= 11 is 0. The first-order valence-electron chi connectivity index (χ1n) is 13.7. The topological polar surface area (TPSA) is 35.0 Å². The molecule has 0 radical (unpaired) electrons. The fourth-order valence-corrected chi connectivity index (χ4v) is 5.35. The van der Waals surface area contributed by atoms with Gasteiger partial charge in [-0.1, -0.05) is 51.2 Å². The number of ether oxygens (including phenoxy) is 1. The molecule has 0 aromatic carbocycles. The number of pyridine rings is 2. The second kappa shape index (κ2) is 13.0. The van der Waals surface area contributed by atoms with Crippen LogP contribution in [0.4, 0.5) is 26.3 Å². The smallest absolute Gasteiger partial charge is 0.433 e. The van der Waals surface area contributed by atoms with E-state index in [9.17, 15) is 26.3 Å². The Bertz CT molecular complexity index is 1240. The van der Waals surface area contributed by atoms with Gasteiger partial charge in [0.25, 0.3) is 0 Å². The molecule has 0 spiro atoms. The van der Waals surface area contributed by atoms with Crippen molar-refractivity contribution in [3.63, 3.8) is 0 Å². The molecule has 2 aliphatic rings. The number of fused-ring (bicyclic) bond motifs is 1. The van der Waals surface area contributed by atoms with Gasteiger partial charge in [0.05, 0.1) is 17.7 Å². The molecule has 1 fully saturated rings. The monoisotopic (exact) mass is 566 g/mol. The Morgan fingerprint density at radius 3 is 2.33 bits per heavy atom. The van der Waals surface area contributed by atoms with E-state index in [-0.39, 0.29) is 37.2 Å². The summed E-state index contributed by atoms with van der Waals surface area (Å²) in [6.07, 6.45) is -0.873. The molecule has 2 heterocycles. The van der Waals surface area contributed by atoms with Crippen molar-refractivity contribution in [2.75, 3.05) is 0 Å². The average molecular weight is 567 g/mol. The van der Waals surface area contributed by atoms with E-state index in [2.05, 4.69) is 16.5 Å². The van der Waals surface area contributed by atoms with Crippen LogP contribution >= 0.6 is 0 Å². The first-order valence-corrected chi connectivity index (χ1v) is 13.7. The Kier molecular flexibility index (Phi) is 10.2. The molecular formula is C31H36F6N2O. The zero-order chi connectivity index (χ0) is 29.7. The second-order valence-electron chi connectivity index (χ2n) is 9.87. The summed E-state index contributed by atoms with van der Waals surface area (Å²) in [7, 11) is 0. The molecule has 2 aromatic heterocycles. The predicted octanol–water partition coefficient (Wildman–Crippen LogP) is 9.77. The maximum atomic E-state index is 14.0. The lowest BCUT2D eigenvalue weighted by atomic mass is 9.87. The van der Waals surface area contributed by atoms with Gasteiger partial charge in [-0.25, -0.2) is 0 Å². The van der Waals surface area contributed by atoms with E-state index in [1.54, 1.807) is 37.3 Å². The summed E-state index contributed by atoms with van der Waals surface area (Å²) in [6.45, 7) is 11.5. The van der Waals surface area contributed by atoms with Crippen LogP contribution < -0.4 is 4.74 Å². The van der Waals surface area contributed by atoms with E-state index in [1.165, 1.54) is 6.20 Å². The SMILES string of the molecule is C=C/C(=C\CC)CC1C=C(c2cc(OC3CCC(C(F)(F)F)CC3)cc(C)n2)c2c1ccnc2C(F)(F)F.CC.